The average molecular weight is 288 g/mol. The summed E-state index contributed by atoms with van der Waals surface area (Å²) in [6.07, 6.45) is 4.52. The maximum Gasteiger partial charge on any atom is 0.241 e. The van der Waals surface area contributed by atoms with Crippen LogP contribution in [0.1, 0.15) is 51.3 Å². The Morgan fingerprint density at radius 3 is 2.57 bits per heavy atom. The van der Waals surface area contributed by atoms with E-state index in [1.807, 2.05) is 19.1 Å². The number of hydrogen-bond acceptors (Lipinski definition) is 3. The van der Waals surface area contributed by atoms with Crippen LogP contribution in [0.4, 0.5) is 0 Å². The monoisotopic (exact) mass is 288 g/mol. The Morgan fingerprint density at radius 2 is 2.00 bits per heavy atom. The third kappa shape index (κ3) is 2.77. The van der Waals surface area contributed by atoms with Gasteiger partial charge in [0.25, 0.3) is 0 Å². The molecular weight excluding hydrogens is 264 g/mol. The van der Waals surface area contributed by atoms with Crippen molar-refractivity contribution in [1.82, 2.24) is 10.2 Å². The van der Waals surface area contributed by atoms with Crippen LogP contribution in [0.5, 0.6) is 5.75 Å². The zero-order valence-electron chi connectivity index (χ0n) is 12.8. The zero-order valence-corrected chi connectivity index (χ0v) is 12.8. The average Bonchev–Trinajstić information content (AvgIpc) is 2.73. The SMILES string of the molecule is CCCOc1ccc(C2NC(C)C(=O)N2C2CCC2)cc1. The number of nitrogens with zero attached hydrogens (tertiary/aromatic N) is 1. The fraction of sp³-hybridized carbons (Fsp3) is 0.588. The molecule has 4 nitrogen and oxygen atoms in total. The van der Waals surface area contributed by atoms with Gasteiger partial charge in [-0.15, -0.1) is 0 Å². The molecule has 3 rings (SSSR count). The minimum atomic E-state index is -0.0911. The van der Waals surface area contributed by atoms with E-state index in [1.165, 1.54) is 6.42 Å². The number of hydrogen-bond donors (Lipinski definition) is 1. The van der Waals surface area contributed by atoms with Crippen molar-refractivity contribution in [2.75, 3.05) is 6.61 Å². The molecule has 114 valence electrons. The minimum Gasteiger partial charge on any atom is -0.494 e. The molecule has 21 heavy (non-hydrogen) atoms. The van der Waals surface area contributed by atoms with Crippen LogP contribution >= 0.6 is 0 Å². The van der Waals surface area contributed by atoms with Gasteiger partial charge < -0.3 is 9.64 Å². The Balaban J connectivity index is 1.76. The summed E-state index contributed by atoms with van der Waals surface area (Å²) in [6, 6.07) is 8.46. The molecule has 0 spiro atoms. The fourth-order valence-electron chi connectivity index (χ4n) is 3.02. The lowest BCUT2D eigenvalue weighted by molar-refractivity contribution is -0.133. The van der Waals surface area contributed by atoms with Gasteiger partial charge in [0.2, 0.25) is 5.91 Å². The van der Waals surface area contributed by atoms with Crippen LogP contribution in [0.2, 0.25) is 0 Å². The molecule has 4 heteroatoms. The number of benzene rings is 1. The largest absolute Gasteiger partial charge is 0.494 e. The first-order chi connectivity index (χ1) is 10.2. The van der Waals surface area contributed by atoms with Crippen LogP contribution in [-0.2, 0) is 4.79 Å². The molecule has 1 saturated carbocycles. The fourth-order valence-corrected chi connectivity index (χ4v) is 3.02. The van der Waals surface area contributed by atoms with Crippen molar-refractivity contribution in [3.63, 3.8) is 0 Å². The first-order valence-electron chi connectivity index (χ1n) is 8.01. The molecule has 1 aliphatic carbocycles. The molecule has 1 saturated heterocycles. The summed E-state index contributed by atoms with van der Waals surface area (Å²) in [5, 5.41) is 3.42. The zero-order chi connectivity index (χ0) is 14.8. The molecule has 2 aliphatic rings. The predicted octanol–water partition coefficient (Wildman–Crippen LogP) is 2.85. The summed E-state index contributed by atoms with van der Waals surface area (Å²) < 4.78 is 5.62. The normalized spacial score (nSPS) is 26.0. The van der Waals surface area contributed by atoms with E-state index >= 15 is 0 Å². The van der Waals surface area contributed by atoms with Crippen molar-refractivity contribution in [1.29, 1.82) is 0 Å². The number of carbonyl (C=O) groups excluding carboxylic acids is 1. The van der Waals surface area contributed by atoms with E-state index < -0.39 is 0 Å². The summed E-state index contributed by atoms with van der Waals surface area (Å²) in [7, 11) is 0. The highest BCUT2D eigenvalue weighted by molar-refractivity contribution is 5.84. The van der Waals surface area contributed by atoms with Gasteiger partial charge in [-0.3, -0.25) is 10.1 Å². The predicted molar refractivity (Wildman–Crippen MR) is 82.1 cm³/mol. The second-order valence-electron chi connectivity index (χ2n) is 6.04. The molecule has 1 heterocycles. The van der Waals surface area contributed by atoms with Crippen LogP contribution in [-0.4, -0.2) is 29.5 Å². The standard InChI is InChI=1S/C17H24N2O2/c1-3-11-21-15-9-7-13(8-10-15)16-18-12(2)17(20)19(16)14-5-4-6-14/h7-10,12,14,16,18H,3-6,11H2,1-2H3. The first kappa shape index (κ1) is 14.4. The number of amides is 1. The van der Waals surface area contributed by atoms with Crippen LogP contribution in [0.3, 0.4) is 0 Å². The Labute approximate surface area is 126 Å². The number of nitrogens with one attached hydrogen (secondary N) is 1. The Bertz CT molecular complexity index is 496. The first-order valence-corrected chi connectivity index (χ1v) is 8.01. The van der Waals surface area contributed by atoms with E-state index in [9.17, 15) is 4.79 Å². The van der Waals surface area contributed by atoms with Gasteiger partial charge in [-0.1, -0.05) is 19.1 Å². The van der Waals surface area contributed by atoms with Gasteiger partial charge in [0.1, 0.15) is 11.9 Å². The van der Waals surface area contributed by atoms with E-state index in [0.29, 0.717) is 6.04 Å². The van der Waals surface area contributed by atoms with Crippen molar-refractivity contribution >= 4 is 5.91 Å². The molecular formula is C17H24N2O2. The van der Waals surface area contributed by atoms with Crippen molar-refractivity contribution in [2.45, 2.75) is 57.8 Å². The van der Waals surface area contributed by atoms with E-state index in [0.717, 1.165) is 37.2 Å². The molecule has 1 aliphatic heterocycles. The maximum atomic E-state index is 12.4. The van der Waals surface area contributed by atoms with Gasteiger partial charge in [0.05, 0.1) is 12.6 Å². The van der Waals surface area contributed by atoms with Gasteiger partial charge in [-0.25, -0.2) is 0 Å². The van der Waals surface area contributed by atoms with E-state index in [1.54, 1.807) is 0 Å². The minimum absolute atomic E-state index is 0.0121. The van der Waals surface area contributed by atoms with Gasteiger partial charge in [-0.05, 0) is 50.3 Å². The van der Waals surface area contributed by atoms with Crippen molar-refractivity contribution < 1.29 is 9.53 Å². The van der Waals surface area contributed by atoms with E-state index in [4.69, 9.17) is 4.74 Å². The molecule has 1 N–H and O–H groups in total. The van der Waals surface area contributed by atoms with Gasteiger partial charge in [-0.2, -0.15) is 0 Å². The van der Waals surface area contributed by atoms with E-state index in [2.05, 4.69) is 29.3 Å². The highest BCUT2D eigenvalue weighted by Crippen LogP contribution is 2.35. The van der Waals surface area contributed by atoms with Gasteiger partial charge in [0.15, 0.2) is 0 Å². The van der Waals surface area contributed by atoms with Crippen molar-refractivity contribution in [2.24, 2.45) is 0 Å². The topological polar surface area (TPSA) is 41.6 Å². The second kappa shape index (κ2) is 6.06. The number of ether oxygens (including phenoxy) is 1. The highest BCUT2D eigenvalue weighted by atomic mass is 16.5. The third-order valence-electron chi connectivity index (χ3n) is 4.45. The summed E-state index contributed by atoms with van der Waals surface area (Å²) in [4.78, 5) is 14.4. The molecule has 1 amide bonds. The Kier molecular flexibility index (Phi) is 4.15. The number of carbonyl (C=O) groups is 1. The van der Waals surface area contributed by atoms with Gasteiger partial charge in [0, 0.05) is 6.04 Å². The summed E-state index contributed by atoms with van der Waals surface area (Å²) in [6.45, 7) is 4.79. The third-order valence-corrected chi connectivity index (χ3v) is 4.45. The summed E-state index contributed by atoms with van der Waals surface area (Å²) >= 11 is 0. The van der Waals surface area contributed by atoms with Gasteiger partial charge >= 0.3 is 0 Å². The van der Waals surface area contributed by atoms with E-state index in [-0.39, 0.29) is 18.1 Å². The molecule has 2 unspecified atom stereocenters. The van der Waals surface area contributed by atoms with Crippen LogP contribution in [0.15, 0.2) is 24.3 Å². The molecule has 0 aromatic heterocycles. The molecule has 0 bridgehead atoms. The molecule has 1 aromatic rings. The maximum absolute atomic E-state index is 12.4. The Morgan fingerprint density at radius 1 is 1.29 bits per heavy atom. The lowest BCUT2D eigenvalue weighted by atomic mass is 9.90. The second-order valence-corrected chi connectivity index (χ2v) is 6.04. The van der Waals surface area contributed by atoms with Crippen LogP contribution in [0.25, 0.3) is 0 Å². The quantitative estimate of drug-likeness (QED) is 0.906. The lowest BCUT2D eigenvalue weighted by Gasteiger charge is -2.38. The highest BCUT2D eigenvalue weighted by Gasteiger charge is 2.42. The van der Waals surface area contributed by atoms with Crippen LogP contribution < -0.4 is 10.1 Å². The lowest BCUT2D eigenvalue weighted by Crippen LogP contribution is -2.43. The number of rotatable bonds is 5. The molecule has 1 aromatic carbocycles. The van der Waals surface area contributed by atoms with Crippen molar-refractivity contribution in [3.05, 3.63) is 29.8 Å². The van der Waals surface area contributed by atoms with Crippen LogP contribution in [0, 0.1) is 0 Å². The molecule has 0 radical (unpaired) electrons. The summed E-state index contributed by atoms with van der Waals surface area (Å²) in [5.74, 6) is 1.13. The summed E-state index contributed by atoms with van der Waals surface area (Å²) in [5.41, 5.74) is 1.14. The molecule has 2 atom stereocenters. The van der Waals surface area contributed by atoms with Crippen molar-refractivity contribution in [3.8, 4) is 5.75 Å². The Hall–Kier alpha value is -1.55. The molecule has 2 fully saturated rings. The smallest absolute Gasteiger partial charge is 0.241 e.